The summed E-state index contributed by atoms with van der Waals surface area (Å²) in [6, 6.07) is 9.01. The molecule has 21 heavy (non-hydrogen) atoms. The molecule has 0 spiro atoms. The first kappa shape index (κ1) is 15.7. The summed E-state index contributed by atoms with van der Waals surface area (Å²) < 4.78 is 0. The Labute approximate surface area is 137 Å². The highest BCUT2D eigenvalue weighted by atomic mass is 35.5. The largest absolute Gasteiger partial charge is 0.302 e. The van der Waals surface area contributed by atoms with Gasteiger partial charge < -0.3 is 4.90 Å². The normalized spacial score (nSPS) is 24.0. The van der Waals surface area contributed by atoms with Crippen LogP contribution in [0.3, 0.4) is 0 Å². The Hall–Kier alpha value is -0.220. The van der Waals surface area contributed by atoms with Gasteiger partial charge in [0.05, 0.1) is 0 Å². The van der Waals surface area contributed by atoms with Gasteiger partial charge in [-0.15, -0.1) is 11.8 Å². The Bertz CT molecular complexity index is 431. The topological polar surface area (TPSA) is 6.48 Å². The molecule has 2 fully saturated rings. The molecule has 0 N–H and O–H groups in total. The number of benzene rings is 1. The third-order valence-corrected chi connectivity index (χ3v) is 5.87. The van der Waals surface area contributed by atoms with E-state index >= 15 is 0 Å². The minimum Gasteiger partial charge on any atom is -0.302 e. The fourth-order valence-corrected chi connectivity index (χ4v) is 4.49. The summed E-state index contributed by atoms with van der Waals surface area (Å²) in [6.45, 7) is 6.45. The van der Waals surface area contributed by atoms with Gasteiger partial charge >= 0.3 is 0 Å². The standard InChI is InChI=1S/C17H25ClN2S/c18-15-5-7-17(8-6-15)21-13-12-20-11-3-4-16(20)14-19-9-1-2-10-19/h5-8,16H,1-4,9-14H2. The molecule has 1 unspecified atom stereocenters. The second-order valence-electron chi connectivity index (χ2n) is 6.14. The fourth-order valence-electron chi connectivity index (χ4n) is 3.47. The predicted molar refractivity (Wildman–Crippen MR) is 92.4 cm³/mol. The van der Waals surface area contributed by atoms with E-state index in [0.29, 0.717) is 0 Å². The summed E-state index contributed by atoms with van der Waals surface area (Å²) in [4.78, 5) is 6.70. The molecule has 2 saturated heterocycles. The average Bonchev–Trinajstić information content (AvgIpc) is 3.14. The van der Waals surface area contributed by atoms with Gasteiger partial charge in [-0.2, -0.15) is 0 Å². The van der Waals surface area contributed by atoms with E-state index in [0.717, 1.165) is 11.1 Å². The van der Waals surface area contributed by atoms with Crippen LogP contribution in [0.5, 0.6) is 0 Å². The monoisotopic (exact) mass is 324 g/mol. The Morgan fingerprint density at radius 3 is 2.57 bits per heavy atom. The molecule has 0 aliphatic carbocycles. The second kappa shape index (κ2) is 7.87. The molecular formula is C17H25ClN2S. The van der Waals surface area contributed by atoms with Crippen LogP contribution in [0.4, 0.5) is 0 Å². The second-order valence-corrected chi connectivity index (χ2v) is 7.75. The van der Waals surface area contributed by atoms with Gasteiger partial charge in [0.15, 0.2) is 0 Å². The summed E-state index contributed by atoms with van der Waals surface area (Å²) in [6.07, 6.45) is 5.57. The summed E-state index contributed by atoms with van der Waals surface area (Å²) in [7, 11) is 0. The van der Waals surface area contributed by atoms with Crippen molar-refractivity contribution in [2.45, 2.75) is 36.6 Å². The molecule has 0 bridgehead atoms. The predicted octanol–water partition coefficient (Wildman–Crippen LogP) is 3.99. The quantitative estimate of drug-likeness (QED) is 0.730. The lowest BCUT2D eigenvalue weighted by atomic mass is 10.2. The number of hydrogen-bond donors (Lipinski definition) is 0. The Morgan fingerprint density at radius 1 is 1.05 bits per heavy atom. The molecule has 0 radical (unpaired) electrons. The number of rotatable bonds is 6. The zero-order valence-electron chi connectivity index (χ0n) is 12.6. The first-order chi connectivity index (χ1) is 10.3. The summed E-state index contributed by atoms with van der Waals surface area (Å²) >= 11 is 7.87. The maximum Gasteiger partial charge on any atom is 0.0406 e. The zero-order valence-corrected chi connectivity index (χ0v) is 14.2. The first-order valence-corrected chi connectivity index (χ1v) is 9.52. The van der Waals surface area contributed by atoms with Crippen LogP contribution in [0.1, 0.15) is 25.7 Å². The van der Waals surface area contributed by atoms with E-state index in [1.165, 1.54) is 69.1 Å². The molecule has 2 aliphatic heterocycles. The van der Waals surface area contributed by atoms with E-state index < -0.39 is 0 Å². The van der Waals surface area contributed by atoms with Crippen molar-refractivity contribution in [3.05, 3.63) is 29.3 Å². The van der Waals surface area contributed by atoms with Gasteiger partial charge in [0.2, 0.25) is 0 Å². The van der Waals surface area contributed by atoms with Crippen molar-refractivity contribution in [1.82, 2.24) is 9.80 Å². The Balaban J connectivity index is 1.42. The van der Waals surface area contributed by atoms with Gasteiger partial charge in [-0.3, -0.25) is 4.90 Å². The molecule has 0 saturated carbocycles. The third-order valence-electron chi connectivity index (χ3n) is 4.63. The number of thioether (sulfide) groups is 1. The van der Waals surface area contributed by atoms with Gasteiger partial charge in [0.1, 0.15) is 0 Å². The fraction of sp³-hybridized carbons (Fsp3) is 0.647. The van der Waals surface area contributed by atoms with Crippen molar-refractivity contribution in [3.63, 3.8) is 0 Å². The van der Waals surface area contributed by atoms with Gasteiger partial charge in [-0.1, -0.05) is 11.6 Å². The van der Waals surface area contributed by atoms with Crippen molar-refractivity contribution < 1.29 is 0 Å². The molecule has 3 rings (SSSR count). The van der Waals surface area contributed by atoms with Gasteiger partial charge in [0.25, 0.3) is 0 Å². The maximum atomic E-state index is 5.93. The summed E-state index contributed by atoms with van der Waals surface area (Å²) in [5.41, 5.74) is 0. The lowest BCUT2D eigenvalue weighted by Gasteiger charge is -2.28. The third kappa shape index (κ3) is 4.62. The minimum atomic E-state index is 0.800. The van der Waals surface area contributed by atoms with E-state index in [1.54, 1.807) is 0 Å². The van der Waals surface area contributed by atoms with Gasteiger partial charge in [-0.05, 0) is 69.6 Å². The maximum absolute atomic E-state index is 5.93. The Morgan fingerprint density at radius 2 is 1.81 bits per heavy atom. The highest BCUT2D eigenvalue weighted by Gasteiger charge is 2.26. The molecule has 116 valence electrons. The van der Waals surface area contributed by atoms with E-state index in [1.807, 2.05) is 23.9 Å². The lowest BCUT2D eigenvalue weighted by molar-refractivity contribution is 0.200. The lowest BCUT2D eigenvalue weighted by Crippen LogP contribution is -2.40. The Kier molecular flexibility index (Phi) is 5.87. The molecule has 2 aliphatic rings. The summed E-state index contributed by atoms with van der Waals surface area (Å²) in [5.74, 6) is 1.18. The van der Waals surface area contributed by atoms with Crippen molar-refractivity contribution in [1.29, 1.82) is 0 Å². The van der Waals surface area contributed by atoms with Crippen LogP contribution < -0.4 is 0 Å². The molecule has 2 nitrogen and oxygen atoms in total. The smallest absolute Gasteiger partial charge is 0.0406 e. The van der Waals surface area contributed by atoms with Crippen LogP contribution >= 0.6 is 23.4 Å². The average molecular weight is 325 g/mol. The van der Waals surface area contributed by atoms with Crippen LogP contribution in [0.2, 0.25) is 5.02 Å². The van der Waals surface area contributed by atoms with Crippen molar-refractivity contribution in [2.75, 3.05) is 38.5 Å². The summed E-state index contributed by atoms with van der Waals surface area (Å²) in [5, 5.41) is 0.824. The van der Waals surface area contributed by atoms with E-state index in [2.05, 4.69) is 21.9 Å². The highest BCUT2D eigenvalue weighted by molar-refractivity contribution is 7.99. The van der Waals surface area contributed by atoms with Gasteiger partial charge in [-0.25, -0.2) is 0 Å². The van der Waals surface area contributed by atoms with Crippen LogP contribution in [0.25, 0.3) is 0 Å². The highest BCUT2D eigenvalue weighted by Crippen LogP contribution is 2.23. The van der Waals surface area contributed by atoms with Gasteiger partial charge in [0, 0.05) is 34.8 Å². The molecule has 0 amide bonds. The molecule has 2 heterocycles. The SMILES string of the molecule is Clc1ccc(SCCN2CCCC2CN2CCCC2)cc1. The van der Waals surface area contributed by atoms with Crippen molar-refractivity contribution >= 4 is 23.4 Å². The van der Waals surface area contributed by atoms with E-state index in [9.17, 15) is 0 Å². The van der Waals surface area contributed by atoms with Crippen LogP contribution in [-0.4, -0.2) is 54.3 Å². The number of likely N-dealkylation sites (tertiary alicyclic amines) is 2. The van der Waals surface area contributed by atoms with Crippen molar-refractivity contribution in [2.24, 2.45) is 0 Å². The van der Waals surface area contributed by atoms with Crippen molar-refractivity contribution in [3.8, 4) is 0 Å². The van der Waals surface area contributed by atoms with Crippen LogP contribution in [-0.2, 0) is 0 Å². The number of nitrogens with zero attached hydrogens (tertiary/aromatic N) is 2. The number of halogens is 1. The molecular weight excluding hydrogens is 300 g/mol. The number of hydrogen-bond acceptors (Lipinski definition) is 3. The minimum absolute atomic E-state index is 0.800. The molecule has 1 aromatic carbocycles. The van der Waals surface area contributed by atoms with Crippen LogP contribution in [0.15, 0.2) is 29.2 Å². The van der Waals surface area contributed by atoms with E-state index in [4.69, 9.17) is 11.6 Å². The van der Waals surface area contributed by atoms with Crippen LogP contribution in [0, 0.1) is 0 Å². The van der Waals surface area contributed by atoms with E-state index in [-0.39, 0.29) is 0 Å². The molecule has 1 atom stereocenters. The molecule has 0 aromatic heterocycles. The molecule has 4 heteroatoms. The zero-order chi connectivity index (χ0) is 14.5. The first-order valence-electron chi connectivity index (χ1n) is 8.16. The molecule has 1 aromatic rings.